The number of halogens is 1. The van der Waals surface area contributed by atoms with Gasteiger partial charge < -0.3 is 10.1 Å². The van der Waals surface area contributed by atoms with Gasteiger partial charge in [0.1, 0.15) is 12.7 Å². The van der Waals surface area contributed by atoms with E-state index in [4.69, 9.17) is 10.00 Å². The van der Waals surface area contributed by atoms with E-state index in [1.165, 1.54) is 0 Å². The molecule has 2 aromatic rings. The normalized spacial score (nSPS) is 14.6. The van der Waals surface area contributed by atoms with Crippen molar-refractivity contribution in [3.8, 4) is 11.9 Å². The fourth-order valence-electron chi connectivity index (χ4n) is 2.58. The Bertz CT molecular complexity index is 663. The molecule has 0 amide bonds. The first-order chi connectivity index (χ1) is 10.8. The van der Waals surface area contributed by atoms with Gasteiger partial charge in [-0.25, -0.2) is 4.98 Å². The van der Waals surface area contributed by atoms with Gasteiger partial charge in [-0.3, -0.25) is 4.98 Å². The number of nitriles is 1. The maximum atomic E-state index is 8.76. The van der Waals surface area contributed by atoms with Crippen LogP contribution in [0.25, 0.3) is 0 Å². The number of aromatic nitrogens is 2. The van der Waals surface area contributed by atoms with Gasteiger partial charge in [0.25, 0.3) is 0 Å². The van der Waals surface area contributed by atoms with Crippen LogP contribution in [0.15, 0.2) is 36.5 Å². The standard InChI is InChI=1S/C17H18N4O.ClH/c18-10-13-4-5-15(20-11-13)12-22-17-3-1-2-16(21-17)14-6-8-19-9-7-14;/h1-5,11,14,19H,6-9,12H2;1H. The molecule has 3 heterocycles. The number of nitrogens with one attached hydrogen (secondary N) is 1. The SMILES string of the molecule is Cl.N#Cc1ccc(COc2cccc(C3CCNCC3)n2)nc1. The zero-order valence-corrected chi connectivity index (χ0v) is 13.6. The molecule has 23 heavy (non-hydrogen) atoms. The van der Waals surface area contributed by atoms with Crippen molar-refractivity contribution in [1.82, 2.24) is 15.3 Å². The number of pyridine rings is 2. The maximum Gasteiger partial charge on any atom is 0.213 e. The van der Waals surface area contributed by atoms with Crippen molar-refractivity contribution >= 4 is 12.4 Å². The lowest BCUT2D eigenvalue weighted by Crippen LogP contribution is -2.27. The Hall–Kier alpha value is -2.16. The number of hydrogen-bond donors (Lipinski definition) is 1. The van der Waals surface area contributed by atoms with Crippen LogP contribution >= 0.6 is 12.4 Å². The predicted octanol–water partition coefficient (Wildman–Crippen LogP) is 2.82. The van der Waals surface area contributed by atoms with Crippen LogP contribution < -0.4 is 10.1 Å². The number of rotatable bonds is 4. The van der Waals surface area contributed by atoms with Gasteiger partial charge in [-0.05, 0) is 44.1 Å². The Kier molecular flexibility index (Phi) is 6.33. The molecule has 0 radical (unpaired) electrons. The van der Waals surface area contributed by atoms with E-state index < -0.39 is 0 Å². The van der Waals surface area contributed by atoms with E-state index in [0.717, 1.165) is 37.3 Å². The molecule has 1 N–H and O–H groups in total. The van der Waals surface area contributed by atoms with Crippen LogP contribution in [-0.4, -0.2) is 23.1 Å². The topological polar surface area (TPSA) is 70.8 Å². The fraction of sp³-hybridized carbons (Fsp3) is 0.353. The second kappa shape index (κ2) is 8.47. The minimum atomic E-state index is 0. The number of nitrogens with zero attached hydrogens (tertiary/aromatic N) is 3. The molecule has 2 aromatic heterocycles. The van der Waals surface area contributed by atoms with E-state index in [1.54, 1.807) is 18.3 Å². The van der Waals surface area contributed by atoms with Crippen molar-refractivity contribution in [2.75, 3.05) is 13.1 Å². The molecular formula is C17H19ClN4O. The molecule has 0 atom stereocenters. The van der Waals surface area contributed by atoms with Gasteiger partial charge in [-0.2, -0.15) is 5.26 Å². The Labute approximate surface area is 142 Å². The Balaban J connectivity index is 0.00000192. The van der Waals surface area contributed by atoms with Crippen LogP contribution in [0.4, 0.5) is 0 Å². The second-order valence-electron chi connectivity index (χ2n) is 5.36. The summed E-state index contributed by atoms with van der Waals surface area (Å²) in [5.41, 5.74) is 2.44. The van der Waals surface area contributed by atoms with Gasteiger partial charge in [0, 0.05) is 23.9 Å². The molecule has 0 unspecified atom stereocenters. The van der Waals surface area contributed by atoms with E-state index >= 15 is 0 Å². The van der Waals surface area contributed by atoms with Crippen molar-refractivity contribution in [2.45, 2.75) is 25.4 Å². The molecule has 6 heteroatoms. The average molecular weight is 331 g/mol. The summed E-state index contributed by atoms with van der Waals surface area (Å²) in [6.07, 6.45) is 3.79. The summed E-state index contributed by atoms with van der Waals surface area (Å²) < 4.78 is 5.72. The minimum absolute atomic E-state index is 0. The molecule has 120 valence electrons. The van der Waals surface area contributed by atoms with Gasteiger partial charge >= 0.3 is 0 Å². The lowest BCUT2D eigenvalue weighted by Gasteiger charge is -2.22. The van der Waals surface area contributed by atoms with Crippen molar-refractivity contribution in [2.24, 2.45) is 0 Å². The summed E-state index contributed by atoms with van der Waals surface area (Å²) in [7, 11) is 0. The monoisotopic (exact) mass is 330 g/mol. The van der Waals surface area contributed by atoms with E-state index in [-0.39, 0.29) is 12.4 Å². The molecule has 1 aliphatic heterocycles. The van der Waals surface area contributed by atoms with Crippen LogP contribution in [0.5, 0.6) is 5.88 Å². The molecule has 1 fully saturated rings. The van der Waals surface area contributed by atoms with Gasteiger partial charge in [0.2, 0.25) is 5.88 Å². The highest BCUT2D eigenvalue weighted by Crippen LogP contribution is 2.25. The highest BCUT2D eigenvalue weighted by molar-refractivity contribution is 5.85. The molecule has 0 aromatic carbocycles. The summed E-state index contributed by atoms with van der Waals surface area (Å²) in [5.74, 6) is 1.14. The van der Waals surface area contributed by atoms with Gasteiger partial charge in [0.05, 0.1) is 11.3 Å². The van der Waals surface area contributed by atoms with Crippen LogP contribution in [0.1, 0.15) is 35.7 Å². The third-order valence-electron chi connectivity index (χ3n) is 3.82. The molecule has 0 saturated carbocycles. The third-order valence-corrected chi connectivity index (χ3v) is 3.82. The molecule has 0 spiro atoms. The average Bonchev–Trinajstić information content (AvgIpc) is 2.61. The largest absolute Gasteiger partial charge is 0.471 e. The van der Waals surface area contributed by atoms with E-state index in [1.807, 2.05) is 12.1 Å². The molecule has 1 aliphatic rings. The van der Waals surface area contributed by atoms with Gasteiger partial charge in [0.15, 0.2) is 0 Å². The van der Waals surface area contributed by atoms with E-state index in [0.29, 0.717) is 24.0 Å². The summed E-state index contributed by atoms with van der Waals surface area (Å²) in [6, 6.07) is 11.5. The highest BCUT2D eigenvalue weighted by atomic mass is 35.5. The molecule has 1 saturated heterocycles. The Morgan fingerprint density at radius 1 is 1.22 bits per heavy atom. The van der Waals surface area contributed by atoms with Crippen LogP contribution in [0, 0.1) is 11.3 Å². The van der Waals surface area contributed by atoms with E-state index in [2.05, 4.69) is 27.4 Å². The van der Waals surface area contributed by atoms with Crippen molar-refractivity contribution in [3.63, 3.8) is 0 Å². The van der Waals surface area contributed by atoms with Crippen molar-refractivity contribution in [1.29, 1.82) is 5.26 Å². The lowest BCUT2D eigenvalue weighted by molar-refractivity contribution is 0.287. The zero-order valence-electron chi connectivity index (χ0n) is 12.7. The quantitative estimate of drug-likeness (QED) is 0.933. The zero-order chi connectivity index (χ0) is 15.2. The first-order valence-electron chi connectivity index (χ1n) is 7.50. The molecular weight excluding hydrogens is 312 g/mol. The summed E-state index contributed by atoms with van der Waals surface area (Å²) in [5, 5.41) is 12.1. The van der Waals surface area contributed by atoms with Gasteiger partial charge in [-0.1, -0.05) is 6.07 Å². The fourth-order valence-corrected chi connectivity index (χ4v) is 2.58. The van der Waals surface area contributed by atoms with Crippen LogP contribution in [0.2, 0.25) is 0 Å². The van der Waals surface area contributed by atoms with Gasteiger partial charge in [-0.15, -0.1) is 12.4 Å². The number of ether oxygens (including phenoxy) is 1. The molecule has 3 rings (SSSR count). The van der Waals surface area contributed by atoms with E-state index in [9.17, 15) is 0 Å². The lowest BCUT2D eigenvalue weighted by atomic mass is 9.94. The Morgan fingerprint density at radius 2 is 2.04 bits per heavy atom. The second-order valence-corrected chi connectivity index (χ2v) is 5.36. The summed E-state index contributed by atoms with van der Waals surface area (Å²) in [4.78, 5) is 8.81. The first kappa shape index (κ1) is 17.2. The van der Waals surface area contributed by atoms with Crippen LogP contribution in [0.3, 0.4) is 0 Å². The maximum absolute atomic E-state index is 8.76. The molecule has 5 nitrogen and oxygen atoms in total. The predicted molar refractivity (Wildman–Crippen MR) is 89.6 cm³/mol. The number of piperidine rings is 1. The Morgan fingerprint density at radius 3 is 2.74 bits per heavy atom. The minimum Gasteiger partial charge on any atom is -0.471 e. The van der Waals surface area contributed by atoms with Crippen molar-refractivity contribution < 1.29 is 4.74 Å². The van der Waals surface area contributed by atoms with Crippen LogP contribution in [-0.2, 0) is 6.61 Å². The summed E-state index contributed by atoms with van der Waals surface area (Å²) in [6.45, 7) is 2.45. The molecule has 0 aliphatic carbocycles. The third kappa shape index (κ3) is 4.65. The summed E-state index contributed by atoms with van der Waals surface area (Å²) >= 11 is 0. The number of hydrogen-bond acceptors (Lipinski definition) is 5. The van der Waals surface area contributed by atoms with Crippen molar-refractivity contribution in [3.05, 3.63) is 53.5 Å². The smallest absolute Gasteiger partial charge is 0.213 e. The first-order valence-corrected chi connectivity index (χ1v) is 7.50. The molecule has 0 bridgehead atoms. The highest BCUT2D eigenvalue weighted by Gasteiger charge is 2.16.